The van der Waals surface area contributed by atoms with E-state index in [9.17, 15) is 0 Å². The third-order valence-corrected chi connectivity index (χ3v) is 6.66. The molecule has 0 rings (SSSR count). The van der Waals surface area contributed by atoms with Crippen LogP contribution in [-0.2, 0) is 0 Å². The van der Waals surface area contributed by atoms with Gasteiger partial charge in [-0.25, -0.2) is 0 Å². The molecule has 0 fully saturated rings. The van der Waals surface area contributed by atoms with Crippen LogP contribution in [0.5, 0.6) is 0 Å². The highest BCUT2D eigenvalue weighted by Crippen LogP contribution is 2.16. The quantitative estimate of drug-likeness (QED) is 0.0916. The molecule has 0 aromatic heterocycles. The zero-order valence-corrected chi connectivity index (χ0v) is 21.1. The molecule has 0 aromatic carbocycles. The van der Waals surface area contributed by atoms with Crippen molar-refractivity contribution in [1.82, 2.24) is 0 Å². The summed E-state index contributed by atoms with van der Waals surface area (Å²) in [6.45, 7) is 7.71. The smallest absolute Gasteiger partial charge is 0.0353 e. The Morgan fingerprint density at radius 1 is 0.300 bits per heavy atom. The molecule has 0 aliphatic heterocycles. The van der Waals surface area contributed by atoms with Crippen LogP contribution in [0.15, 0.2) is 12.7 Å². The summed E-state index contributed by atoms with van der Waals surface area (Å²) >= 11 is 0. The highest BCUT2D eigenvalue weighted by atomic mass is 14.0. The first-order valence-corrected chi connectivity index (χ1v) is 14.3. The van der Waals surface area contributed by atoms with Crippen molar-refractivity contribution in [1.29, 1.82) is 0 Å². The molecule has 0 aliphatic carbocycles. The minimum Gasteiger partial charge on any atom is -0.103 e. The van der Waals surface area contributed by atoms with Crippen LogP contribution in [0.2, 0.25) is 0 Å². The average molecular weight is 420 g/mol. The van der Waals surface area contributed by atoms with Gasteiger partial charge in [0, 0.05) is 0 Å². The molecule has 0 aliphatic rings. The number of hydrogen-bond donors (Lipinski definition) is 0. The van der Waals surface area contributed by atoms with Gasteiger partial charge in [-0.15, -0.1) is 6.58 Å². The predicted octanol–water partition coefficient (Wildman–Crippen LogP) is 11.5. The fourth-order valence-corrected chi connectivity index (χ4v) is 4.53. The topological polar surface area (TPSA) is 0 Å². The number of hydrogen-bond acceptors (Lipinski definition) is 0. The van der Waals surface area contributed by atoms with Crippen molar-refractivity contribution in [2.24, 2.45) is 0 Å². The summed E-state index contributed by atoms with van der Waals surface area (Å²) in [4.78, 5) is 0. The second kappa shape index (κ2) is 28.7. The van der Waals surface area contributed by atoms with Gasteiger partial charge in [0.25, 0.3) is 0 Å². The Labute approximate surface area is 193 Å². The summed E-state index contributed by atoms with van der Waals surface area (Å²) in [5.74, 6) is 0. The summed E-state index contributed by atoms with van der Waals surface area (Å²) in [5, 5.41) is 0. The fourth-order valence-electron chi connectivity index (χ4n) is 4.53. The van der Waals surface area contributed by atoms with Crippen LogP contribution in [-0.4, -0.2) is 0 Å². The van der Waals surface area contributed by atoms with Crippen molar-refractivity contribution in [3.63, 3.8) is 0 Å². The molecular formula is C30H59. The molecule has 30 heavy (non-hydrogen) atoms. The molecule has 0 unspecified atom stereocenters. The number of allylic oxidation sites excluding steroid dienone is 1. The van der Waals surface area contributed by atoms with Crippen LogP contribution in [0.1, 0.15) is 173 Å². The van der Waals surface area contributed by atoms with E-state index in [0.29, 0.717) is 0 Å². The average Bonchev–Trinajstić information content (AvgIpc) is 2.76. The normalized spacial score (nSPS) is 11.2. The van der Waals surface area contributed by atoms with E-state index < -0.39 is 0 Å². The Balaban J connectivity index is 2.98. The van der Waals surface area contributed by atoms with Crippen molar-refractivity contribution in [2.75, 3.05) is 0 Å². The second-order valence-electron chi connectivity index (χ2n) is 9.77. The lowest BCUT2D eigenvalue weighted by atomic mass is 10.0. The van der Waals surface area contributed by atoms with Gasteiger partial charge in [-0.3, -0.25) is 0 Å². The van der Waals surface area contributed by atoms with E-state index in [1.807, 2.05) is 0 Å². The van der Waals surface area contributed by atoms with Crippen LogP contribution >= 0.6 is 0 Å². The summed E-state index contributed by atoms with van der Waals surface area (Å²) in [7, 11) is 0. The first-order valence-electron chi connectivity index (χ1n) is 14.3. The standard InChI is InChI=1S/C30H59/c1-3-5-7-9-11-13-15-17-19-21-23-25-27-29-30-28-26-24-22-20-18-16-14-12-10-8-6-4-2/h3H,1-2,4-30H2. The van der Waals surface area contributed by atoms with Crippen LogP contribution < -0.4 is 0 Å². The molecule has 0 N–H and O–H groups in total. The molecule has 0 saturated carbocycles. The maximum absolute atomic E-state index is 3.92. The van der Waals surface area contributed by atoms with Crippen LogP contribution in [0.3, 0.4) is 0 Å². The minimum absolute atomic E-state index is 1.12. The number of unbranched alkanes of at least 4 members (excludes halogenated alkanes) is 26. The molecule has 0 bridgehead atoms. The van der Waals surface area contributed by atoms with E-state index in [0.717, 1.165) is 6.42 Å². The molecule has 179 valence electrons. The van der Waals surface area contributed by atoms with Gasteiger partial charge in [0.2, 0.25) is 0 Å². The summed E-state index contributed by atoms with van der Waals surface area (Å²) in [6, 6.07) is 0. The summed E-state index contributed by atoms with van der Waals surface area (Å²) in [5.41, 5.74) is 0. The maximum atomic E-state index is 3.92. The number of rotatable bonds is 27. The third-order valence-electron chi connectivity index (χ3n) is 6.66. The van der Waals surface area contributed by atoms with Crippen molar-refractivity contribution in [3.8, 4) is 0 Å². The Morgan fingerprint density at radius 2 is 0.500 bits per heavy atom. The Morgan fingerprint density at radius 3 is 0.700 bits per heavy atom. The summed E-state index contributed by atoms with van der Waals surface area (Å²) in [6.07, 6.45) is 40.8. The van der Waals surface area contributed by atoms with Gasteiger partial charge in [-0.1, -0.05) is 174 Å². The highest BCUT2D eigenvalue weighted by Gasteiger charge is 1.96. The lowest BCUT2D eigenvalue weighted by Crippen LogP contribution is -1.84. The van der Waals surface area contributed by atoms with E-state index >= 15 is 0 Å². The van der Waals surface area contributed by atoms with E-state index in [-0.39, 0.29) is 0 Å². The molecule has 0 atom stereocenters. The molecule has 0 nitrogen and oxygen atoms in total. The van der Waals surface area contributed by atoms with Crippen molar-refractivity contribution < 1.29 is 0 Å². The molecule has 0 amide bonds. The van der Waals surface area contributed by atoms with E-state index in [1.165, 1.54) is 167 Å². The Hall–Kier alpha value is -0.260. The van der Waals surface area contributed by atoms with Gasteiger partial charge in [0.1, 0.15) is 0 Å². The molecule has 0 spiro atoms. The SMILES string of the molecule is [CH2]CCCCCCCCCCCCCCCCCCCCCCCCCCCC=C. The molecule has 0 heterocycles. The molecule has 0 heteroatoms. The monoisotopic (exact) mass is 419 g/mol. The summed E-state index contributed by atoms with van der Waals surface area (Å²) < 4.78 is 0. The fraction of sp³-hybridized carbons (Fsp3) is 0.900. The lowest BCUT2D eigenvalue weighted by molar-refractivity contribution is 0.516. The van der Waals surface area contributed by atoms with Gasteiger partial charge in [0.15, 0.2) is 0 Å². The second-order valence-corrected chi connectivity index (χ2v) is 9.77. The van der Waals surface area contributed by atoms with Gasteiger partial charge in [-0.2, -0.15) is 0 Å². The van der Waals surface area contributed by atoms with Gasteiger partial charge >= 0.3 is 0 Å². The Kier molecular flexibility index (Phi) is 28.5. The van der Waals surface area contributed by atoms with Gasteiger partial charge in [0.05, 0.1) is 0 Å². The first-order chi connectivity index (χ1) is 14.9. The Bertz CT molecular complexity index is 292. The van der Waals surface area contributed by atoms with Gasteiger partial charge < -0.3 is 0 Å². The third kappa shape index (κ3) is 27.7. The van der Waals surface area contributed by atoms with E-state index in [4.69, 9.17) is 0 Å². The minimum atomic E-state index is 1.12. The molecule has 1 radical (unpaired) electrons. The van der Waals surface area contributed by atoms with Crippen LogP contribution in [0.4, 0.5) is 0 Å². The maximum Gasteiger partial charge on any atom is -0.0353 e. The predicted molar refractivity (Wildman–Crippen MR) is 140 cm³/mol. The van der Waals surface area contributed by atoms with Crippen molar-refractivity contribution in [3.05, 3.63) is 19.6 Å². The van der Waals surface area contributed by atoms with Crippen LogP contribution in [0.25, 0.3) is 0 Å². The highest BCUT2D eigenvalue weighted by molar-refractivity contribution is 4.65. The lowest BCUT2D eigenvalue weighted by Gasteiger charge is -2.04. The molecule has 0 aromatic rings. The zero-order valence-electron chi connectivity index (χ0n) is 21.1. The van der Waals surface area contributed by atoms with E-state index in [1.54, 1.807) is 0 Å². The van der Waals surface area contributed by atoms with Crippen LogP contribution in [0, 0.1) is 6.92 Å². The first kappa shape index (κ1) is 29.7. The molecular weight excluding hydrogens is 360 g/mol. The van der Waals surface area contributed by atoms with Crippen molar-refractivity contribution in [2.45, 2.75) is 173 Å². The molecule has 0 saturated heterocycles. The van der Waals surface area contributed by atoms with E-state index in [2.05, 4.69) is 19.6 Å². The zero-order chi connectivity index (χ0) is 21.8. The largest absolute Gasteiger partial charge is 0.103 e. The van der Waals surface area contributed by atoms with Gasteiger partial charge in [-0.05, 0) is 12.8 Å². The van der Waals surface area contributed by atoms with Crippen molar-refractivity contribution >= 4 is 0 Å².